The molecule has 0 aliphatic heterocycles. The lowest BCUT2D eigenvalue weighted by Crippen LogP contribution is -2.03. The van der Waals surface area contributed by atoms with Crippen molar-refractivity contribution >= 4 is 30.0 Å². The van der Waals surface area contributed by atoms with Crippen LogP contribution in [-0.4, -0.2) is 26.2 Å². The van der Waals surface area contributed by atoms with Crippen molar-refractivity contribution < 1.29 is 19.1 Å². The third kappa shape index (κ3) is 3.56. The van der Waals surface area contributed by atoms with E-state index in [9.17, 15) is 9.59 Å². The van der Waals surface area contributed by atoms with Crippen molar-refractivity contribution in [3.05, 3.63) is 53.6 Å². The van der Waals surface area contributed by atoms with E-state index in [1.165, 1.54) is 14.2 Å². The zero-order valence-electron chi connectivity index (χ0n) is 12.2. The first-order valence-corrected chi connectivity index (χ1v) is 6.23. The van der Waals surface area contributed by atoms with Crippen LogP contribution in [0.25, 0.3) is 11.1 Å². The second-order valence-corrected chi connectivity index (χ2v) is 4.36. The van der Waals surface area contributed by atoms with Crippen LogP contribution in [0, 0.1) is 0 Å². The first-order valence-electron chi connectivity index (χ1n) is 6.23. The zero-order valence-corrected chi connectivity index (χ0v) is 13.0. The number of hydrogen-bond acceptors (Lipinski definition) is 5. The highest BCUT2D eigenvalue weighted by atomic mass is 35.5. The molecule has 0 atom stereocenters. The summed E-state index contributed by atoms with van der Waals surface area (Å²) in [6, 6.07) is 11.8. The van der Waals surface area contributed by atoms with Crippen LogP contribution in [-0.2, 0) is 9.47 Å². The predicted octanol–water partition coefficient (Wildman–Crippen LogP) is 2.93. The third-order valence-electron chi connectivity index (χ3n) is 3.09. The van der Waals surface area contributed by atoms with Crippen molar-refractivity contribution in [2.24, 2.45) is 0 Å². The highest BCUT2D eigenvalue weighted by molar-refractivity contribution is 5.93. The average molecular weight is 322 g/mol. The fraction of sp³-hybridized carbons (Fsp3) is 0.125. The molecule has 5 nitrogen and oxygen atoms in total. The summed E-state index contributed by atoms with van der Waals surface area (Å²) in [7, 11) is 2.65. The number of anilines is 1. The maximum atomic E-state index is 11.4. The van der Waals surface area contributed by atoms with Gasteiger partial charge in [0.25, 0.3) is 0 Å². The molecule has 0 bridgehead atoms. The Morgan fingerprint density at radius 2 is 1.36 bits per heavy atom. The number of nitrogen functional groups attached to an aromatic ring is 1. The van der Waals surface area contributed by atoms with E-state index in [2.05, 4.69) is 9.47 Å². The molecule has 0 radical (unpaired) electrons. The van der Waals surface area contributed by atoms with Gasteiger partial charge in [0.15, 0.2) is 0 Å². The van der Waals surface area contributed by atoms with Crippen molar-refractivity contribution in [3.8, 4) is 11.1 Å². The molecule has 2 rings (SSSR count). The molecule has 0 amide bonds. The lowest BCUT2D eigenvalue weighted by molar-refractivity contribution is 0.0592. The second-order valence-electron chi connectivity index (χ2n) is 4.36. The molecular weight excluding hydrogens is 306 g/mol. The first-order chi connectivity index (χ1) is 10.1. The minimum atomic E-state index is -0.436. The molecular formula is C16H16ClNO4. The van der Waals surface area contributed by atoms with Crippen molar-refractivity contribution in [2.75, 3.05) is 20.0 Å². The van der Waals surface area contributed by atoms with Gasteiger partial charge in [-0.1, -0.05) is 18.2 Å². The van der Waals surface area contributed by atoms with E-state index in [0.717, 1.165) is 11.1 Å². The number of halogens is 1. The van der Waals surface area contributed by atoms with Crippen LogP contribution in [0.1, 0.15) is 20.7 Å². The second kappa shape index (κ2) is 7.47. The fourth-order valence-corrected chi connectivity index (χ4v) is 1.97. The van der Waals surface area contributed by atoms with Gasteiger partial charge in [0, 0.05) is 11.3 Å². The topological polar surface area (TPSA) is 78.6 Å². The number of benzene rings is 2. The Morgan fingerprint density at radius 1 is 0.864 bits per heavy atom. The lowest BCUT2D eigenvalue weighted by Gasteiger charge is -2.08. The molecule has 2 aromatic rings. The van der Waals surface area contributed by atoms with Gasteiger partial charge in [-0.15, -0.1) is 12.4 Å². The third-order valence-corrected chi connectivity index (χ3v) is 3.09. The maximum Gasteiger partial charge on any atom is 0.337 e. The number of carbonyl (C=O) groups excluding carboxylic acids is 2. The Bertz CT molecular complexity index is 683. The quantitative estimate of drug-likeness (QED) is 0.694. The summed E-state index contributed by atoms with van der Waals surface area (Å²) in [5.74, 6) is -0.829. The molecule has 0 fully saturated rings. The molecule has 0 spiro atoms. The van der Waals surface area contributed by atoms with E-state index in [1.54, 1.807) is 42.5 Å². The van der Waals surface area contributed by atoms with E-state index in [-0.39, 0.29) is 12.4 Å². The Balaban J connectivity index is 0.00000242. The van der Waals surface area contributed by atoms with Gasteiger partial charge >= 0.3 is 11.9 Å². The minimum Gasteiger partial charge on any atom is -0.465 e. The van der Waals surface area contributed by atoms with Gasteiger partial charge in [-0.3, -0.25) is 0 Å². The van der Waals surface area contributed by atoms with Gasteiger partial charge in [0.05, 0.1) is 25.3 Å². The van der Waals surface area contributed by atoms with Gasteiger partial charge in [-0.2, -0.15) is 0 Å². The van der Waals surface area contributed by atoms with Crippen LogP contribution in [0.15, 0.2) is 42.5 Å². The van der Waals surface area contributed by atoms with Gasteiger partial charge in [-0.05, 0) is 29.8 Å². The van der Waals surface area contributed by atoms with Crippen molar-refractivity contribution in [1.82, 2.24) is 0 Å². The van der Waals surface area contributed by atoms with Crippen LogP contribution in [0.3, 0.4) is 0 Å². The van der Waals surface area contributed by atoms with Crippen LogP contribution < -0.4 is 5.73 Å². The standard InChI is InChI=1S/C16H15NO4.ClH/c1-20-15(18)11-5-3-10(4-6-11)13-8-7-12(9-14(13)17)16(19)21-2;/h3-9H,17H2,1-2H3;1H. The molecule has 6 heteroatoms. The summed E-state index contributed by atoms with van der Waals surface area (Å²) in [4.78, 5) is 22.8. The molecule has 0 unspecified atom stereocenters. The number of ether oxygens (including phenoxy) is 2. The summed E-state index contributed by atoms with van der Waals surface area (Å²) in [6.45, 7) is 0. The van der Waals surface area contributed by atoms with E-state index >= 15 is 0 Å². The predicted molar refractivity (Wildman–Crippen MR) is 86.2 cm³/mol. The molecule has 0 aliphatic carbocycles. The Hall–Kier alpha value is -2.53. The van der Waals surface area contributed by atoms with Crippen LogP contribution in [0.2, 0.25) is 0 Å². The Labute approximate surface area is 134 Å². The summed E-state index contributed by atoms with van der Waals surface area (Å²) < 4.78 is 9.29. The number of carbonyl (C=O) groups is 2. The SMILES string of the molecule is COC(=O)c1ccc(-c2ccc(C(=O)OC)cc2N)cc1.Cl. The number of hydrogen-bond donors (Lipinski definition) is 1. The summed E-state index contributed by atoms with van der Waals surface area (Å²) in [5, 5.41) is 0. The molecule has 0 saturated carbocycles. The summed E-state index contributed by atoms with van der Waals surface area (Å²) in [5.41, 5.74) is 8.91. The number of methoxy groups -OCH3 is 2. The highest BCUT2D eigenvalue weighted by Crippen LogP contribution is 2.27. The van der Waals surface area contributed by atoms with Gasteiger partial charge < -0.3 is 15.2 Å². The molecule has 0 aromatic heterocycles. The average Bonchev–Trinajstić information content (AvgIpc) is 2.53. The molecule has 22 heavy (non-hydrogen) atoms. The van der Waals surface area contributed by atoms with Gasteiger partial charge in [0.2, 0.25) is 0 Å². The molecule has 0 aliphatic rings. The maximum absolute atomic E-state index is 11.4. The smallest absolute Gasteiger partial charge is 0.337 e. The van der Waals surface area contributed by atoms with E-state index in [4.69, 9.17) is 5.73 Å². The monoisotopic (exact) mass is 321 g/mol. The molecule has 116 valence electrons. The van der Waals surface area contributed by atoms with Crippen LogP contribution >= 0.6 is 12.4 Å². The molecule has 2 N–H and O–H groups in total. The largest absolute Gasteiger partial charge is 0.465 e. The van der Waals surface area contributed by atoms with E-state index in [1.807, 2.05) is 0 Å². The Kier molecular flexibility index (Phi) is 5.95. The van der Waals surface area contributed by atoms with E-state index in [0.29, 0.717) is 16.8 Å². The van der Waals surface area contributed by atoms with Gasteiger partial charge in [0.1, 0.15) is 0 Å². The van der Waals surface area contributed by atoms with Crippen molar-refractivity contribution in [3.63, 3.8) is 0 Å². The van der Waals surface area contributed by atoms with Crippen LogP contribution in [0.4, 0.5) is 5.69 Å². The zero-order chi connectivity index (χ0) is 15.4. The molecule has 0 saturated heterocycles. The van der Waals surface area contributed by atoms with Crippen LogP contribution in [0.5, 0.6) is 0 Å². The van der Waals surface area contributed by atoms with Gasteiger partial charge in [-0.25, -0.2) is 9.59 Å². The summed E-state index contributed by atoms with van der Waals surface area (Å²) in [6.07, 6.45) is 0. The first kappa shape index (κ1) is 17.5. The highest BCUT2D eigenvalue weighted by Gasteiger charge is 2.10. The minimum absolute atomic E-state index is 0. The lowest BCUT2D eigenvalue weighted by atomic mass is 10.0. The summed E-state index contributed by atoms with van der Waals surface area (Å²) >= 11 is 0. The number of nitrogens with two attached hydrogens (primary N) is 1. The van der Waals surface area contributed by atoms with E-state index < -0.39 is 11.9 Å². The number of rotatable bonds is 3. The number of esters is 2. The van der Waals surface area contributed by atoms with Crippen molar-refractivity contribution in [2.45, 2.75) is 0 Å². The fourth-order valence-electron chi connectivity index (χ4n) is 1.97. The Morgan fingerprint density at radius 3 is 1.86 bits per heavy atom. The molecule has 2 aromatic carbocycles. The molecule has 0 heterocycles. The van der Waals surface area contributed by atoms with Crippen molar-refractivity contribution in [1.29, 1.82) is 0 Å². The normalized spacial score (nSPS) is 9.55.